The van der Waals surface area contributed by atoms with E-state index in [1.54, 1.807) is 24.3 Å². The van der Waals surface area contributed by atoms with Gasteiger partial charge in [0.1, 0.15) is 0 Å². The highest BCUT2D eigenvalue weighted by Crippen LogP contribution is 2.14. The van der Waals surface area contributed by atoms with E-state index in [1.165, 1.54) is 0 Å². The van der Waals surface area contributed by atoms with Gasteiger partial charge in [-0.25, -0.2) is 13.1 Å². The highest BCUT2D eigenvalue weighted by atomic mass is 79.9. The van der Waals surface area contributed by atoms with Gasteiger partial charge in [0.2, 0.25) is 10.0 Å². The highest BCUT2D eigenvalue weighted by molar-refractivity contribution is 9.10. The van der Waals surface area contributed by atoms with Crippen molar-refractivity contribution in [3.8, 4) is 0 Å². The van der Waals surface area contributed by atoms with Crippen LogP contribution in [-0.2, 0) is 10.0 Å². The molecule has 110 valence electrons. The van der Waals surface area contributed by atoms with E-state index >= 15 is 0 Å². The van der Waals surface area contributed by atoms with Crippen LogP contribution in [0.15, 0.2) is 33.6 Å². The first-order valence-electron chi connectivity index (χ1n) is 5.97. The molecule has 1 N–H and O–H groups in total. The number of nitrogens with zero attached hydrogens (tertiary/aromatic N) is 1. The maximum atomic E-state index is 12.0. The summed E-state index contributed by atoms with van der Waals surface area (Å²) in [5.41, 5.74) is 0. The van der Waals surface area contributed by atoms with Crippen LogP contribution < -0.4 is 4.72 Å². The first-order valence-corrected chi connectivity index (χ1v) is 8.24. The second kappa shape index (κ2) is 8.92. The smallest absolute Gasteiger partial charge is 0.240 e. The van der Waals surface area contributed by atoms with Gasteiger partial charge < -0.3 is 4.90 Å². The molecule has 0 radical (unpaired) electrons. The van der Waals surface area contributed by atoms with E-state index in [-0.39, 0.29) is 12.4 Å². The summed E-state index contributed by atoms with van der Waals surface area (Å²) in [6.45, 7) is 7.13. The molecular formula is C12H20BrClN2O2S. The molecule has 4 nitrogen and oxygen atoms in total. The number of nitrogens with one attached hydrogen (secondary N) is 1. The number of likely N-dealkylation sites (N-methyl/N-ethyl adjacent to an activating group) is 1. The lowest BCUT2D eigenvalue weighted by atomic mass is 10.4. The summed E-state index contributed by atoms with van der Waals surface area (Å²) in [5.74, 6) is 0. The number of rotatable bonds is 7. The van der Waals surface area contributed by atoms with Gasteiger partial charge in [0, 0.05) is 17.6 Å². The lowest BCUT2D eigenvalue weighted by Gasteiger charge is -2.17. The van der Waals surface area contributed by atoms with Crippen LogP contribution in [0.2, 0.25) is 0 Å². The monoisotopic (exact) mass is 370 g/mol. The molecule has 0 saturated heterocycles. The predicted octanol–water partition coefficient (Wildman–Crippen LogP) is 2.49. The molecule has 0 atom stereocenters. The quantitative estimate of drug-likeness (QED) is 0.801. The number of hydrogen-bond acceptors (Lipinski definition) is 3. The Balaban J connectivity index is 0.00000324. The molecule has 19 heavy (non-hydrogen) atoms. The summed E-state index contributed by atoms with van der Waals surface area (Å²) < 4.78 is 27.4. The third-order valence-corrected chi connectivity index (χ3v) is 4.74. The number of sulfonamides is 1. The van der Waals surface area contributed by atoms with Crippen LogP contribution in [0, 0.1) is 0 Å². The maximum absolute atomic E-state index is 12.0. The fourth-order valence-corrected chi connectivity index (χ4v) is 2.86. The third-order valence-electron chi connectivity index (χ3n) is 2.74. The van der Waals surface area contributed by atoms with Crippen molar-refractivity contribution in [3.05, 3.63) is 28.7 Å². The number of halogens is 2. The normalized spacial score (nSPS) is 11.4. The summed E-state index contributed by atoms with van der Waals surface area (Å²) >= 11 is 3.28. The van der Waals surface area contributed by atoms with Crippen LogP contribution in [0.3, 0.4) is 0 Å². The minimum atomic E-state index is -3.39. The first kappa shape index (κ1) is 18.9. The van der Waals surface area contributed by atoms with Gasteiger partial charge in [-0.05, 0) is 37.4 Å². The minimum Gasteiger partial charge on any atom is -0.303 e. The van der Waals surface area contributed by atoms with Crippen molar-refractivity contribution in [3.63, 3.8) is 0 Å². The zero-order valence-electron chi connectivity index (χ0n) is 11.1. The van der Waals surface area contributed by atoms with Gasteiger partial charge >= 0.3 is 0 Å². The zero-order chi connectivity index (χ0) is 13.6. The summed E-state index contributed by atoms with van der Waals surface area (Å²) in [4.78, 5) is 2.47. The van der Waals surface area contributed by atoms with Crippen LogP contribution in [0.5, 0.6) is 0 Å². The molecule has 0 aliphatic carbocycles. The minimum absolute atomic E-state index is 0. The largest absolute Gasteiger partial charge is 0.303 e. The molecular weight excluding hydrogens is 352 g/mol. The molecule has 1 aromatic carbocycles. The highest BCUT2D eigenvalue weighted by Gasteiger charge is 2.13. The van der Waals surface area contributed by atoms with Crippen molar-refractivity contribution < 1.29 is 8.42 Å². The van der Waals surface area contributed by atoms with Crippen molar-refractivity contribution in [2.45, 2.75) is 18.7 Å². The third kappa shape index (κ3) is 6.23. The van der Waals surface area contributed by atoms with Gasteiger partial charge in [0.05, 0.1) is 4.90 Å². The predicted molar refractivity (Wildman–Crippen MR) is 84.4 cm³/mol. The van der Waals surface area contributed by atoms with Crippen molar-refractivity contribution in [1.82, 2.24) is 9.62 Å². The van der Waals surface area contributed by atoms with E-state index in [0.29, 0.717) is 11.4 Å². The molecule has 1 rings (SSSR count). The molecule has 0 unspecified atom stereocenters. The van der Waals surface area contributed by atoms with Crippen LogP contribution in [0.1, 0.15) is 13.8 Å². The fourth-order valence-electron chi connectivity index (χ4n) is 1.58. The van der Waals surface area contributed by atoms with E-state index in [4.69, 9.17) is 0 Å². The Kier molecular flexibility index (Phi) is 8.85. The van der Waals surface area contributed by atoms with Gasteiger partial charge in [0.15, 0.2) is 0 Å². The second-order valence-corrected chi connectivity index (χ2v) is 6.56. The molecule has 0 aliphatic rings. The molecule has 0 heterocycles. The van der Waals surface area contributed by atoms with Crippen molar-refractivity contribution in [2.75, 3.05) is 26.2 Å². The summed E-state index contributed by atoms with van der Waals surface area (Å²) in [5, 5.41) is 0. The van der Waals surface area contributed by atoms with Crippen LogP contribution >= 0.6 is 28.3 Å². The molecule has 0 saturated carbocycles. The Bertz CT molecular complexity index is 461. The zero-order valence-corrected chi connectivity index (χ0v) is 14.3. The average Bonchev–Trinajstić information content (AvgIpc) is 2.35. The van der Waals surface area contributed by atoms with Gasteiger partial charge in [-0.2, -0.15) is 0 Å². The van der Waals surface area contributed by atoms with Gasteiger partial charge in [-0.15, -0.1) is 12.4 Å². The van der Waals surface area contributed by atoms with Gasteiger partial charge in [-0.1, -0.05) is 29.8 Å². The number of benzene rings is 1. The second-order valence-electron chi connectivity index (χ2n) is 3.88. The van der Waals surface area contributed by atoms with E-state index < -0.39 is 10.0 Å². The summed E-state index contributed by atoms with van der Waals surface area (Å²) in [6.07, 6.45) is 0. The van der Waals surface area contributed by atoms with Crippen molar-refractivity contribution >= 4 is 38.4 Å². The van der Waals surface area contributed by atoms with Crippen LogP contribution in [-0.4, -0.2) is 39.5 Å². The van der Waals surface area contributed by atoms with Crippen LogP contribution in [0.4, 0.5) is 0 Å². The molecule has 0 spiro atoms. The summed E-state index contributed by atoms with van der Waals surface area (Å²) in [6, 6.07) is 6.62. The lowest BCUT2D eigenvalue weighted by Crippen LogP contribution is -2.34. The topological polar surface area (TPSA) is 49.4 Å². The maximum Gasteiger partial charge on any atom is 0.240 e. The molecule has 0 fully saturated rings. The van der Waals surface area contributed by atoms with Crippen molar-refractivity contribution in [2.24, 2.45) is 0 Å². The van der Waals surface area contributed by atoms with Gasteiger partial charge in [-0.3, -0.25) is 0 Å². The Hall–Kier alpha value is -0.140. The lowest BCUT2D eigenvalue weighted by molar-refractivity contribution is 0.309. The van der Waals surface area contributed by atoms with Crippen LogP contribution in [0.25, 0.3) is 0 Å². The van der Waals surface area contributed by atoms with Crippen molar-refractivity contribution in [1.29, 1.82) is 0 Å². The molecule has 7 heteroatoms. The molecule has 0 aromatic heterocycles. The fraction of sp³-hybridized carbons (Fsp3) is 0.500. The van der Waals surface area contributed by atoms with Gasteiger partial charge in [0.25, 0.3) is 0 Å². The molecule has 0 aliphatic heterocycles. The SMILES string of the molecule is CCN(CC)CCNS(=O)(=O)c1ccc(Br)cc1.Cl. The van der Waals surface area contributed by atoms with E-state index in [1.807, 2.05) is 0 Å². The molecule has 1 aromatic rings. The molecule has 0 bridgehead atoms. The Morgan fingerprint density at radius 3 is 2.16 bits per heavy atom. The van der Waals surface area contributed by atoms with E-state index in [0.717, 1.165) is 24.1 Å². The van der Waals surface area contributed by atoms with E-state index in [9.17, 15) is 8.42 Å². The Morgan fingerprint density at radius 2 is 1.68 bits per heavy atom. The molecule has 0 amide bonds. The Morgan fingerprint density at radius 1 is 1.16 bits per heavy atom. The summed E-state index contributed by atoms with van der Waals surface area (Å²) in [7, 11) is -3.39. The van der Waals surface area contributed by atoms with E-state index in [2.05, 4.69) is 39.4 Å². The number of hydrogen-bond donors (Lipinski definition) is 1. The first-order chi connectivity index (χ1) is 8.49. The standard InChI is InChI=1S/C12H19BrN2O2S.ClH/c1-3-15(4-2)10-9-14-18(16,17)12-7-5-11(13)6-8-12;/h5-8,14H,3-4,9-10H2,1-2H3;1H. The Labute approximate surface area is 130 Å². The average molecular weight is 372 g/mol.